The molecule has 0 saturated carbocycles. The molecule has 8 heteroatoms. The van der Waals surface area contributed by atoms with Gasteiger partial charge in [0.05, 0.1) is 0 Å². The number of carboxylic acids is 2. The number of carbonyl (C=O) groups excluding carboxylic acids is 1. The minimum absolute atomic E-state index is 0.0524. The molecule has 0 radical (unpaired) electrons. The molecule has 0 bridgehead atoms. The topological polar surface area (TPSA) is 107 Å². The van der Waals surface area contributed by atoms with Crippen molar-refractivity contribution in [2.45, 2.75) is 38.1 Å². The second kappa shape index (κ2) is 9.73. The molecule has 1 atom stereocenters. The molecule has 0 fully saturated rings. The van der Waals surface area contributed by atoms with E-state index in [-0.39, 0.29) is 12.8 Å². The molecular weight excluding hydrogens is 320 g/mol. The van der Waals surface area contributed by atoms with Crippen LogP contribution in [0.5, 0.6) is 0 Å². The first-order valence-corrected chi connectivity index (χ1v) is 7.60. The third-order valence-electron chi connectivity index (χ3n) is 3.18. The number of anilines is 1. The summed E-state index contributed by atoms with van der Waals surface area (Å²) < 4.78 is 0.854. The van der Waals surface area contributed by atoms with Gasteiger partial charge in [-0.15, -0.1) is 0 Å². The standard InChI is InChI=1S/C15H20N2O5S/c18-13(19)10-6-2-5-9-12(14(20)21)17(23)15(22)16-11-7-3-1-4-8-11/h1,3-4,7-8,12,23H,2,5-6,9-10H2,(H,16,22)(H,18,19)(H,20,21). The van der Waals surface area contributed by atoms with Gasteiger partial charge in [-0.05, 0) is 25.0 Å². The second-order valence-electron chi connectivity index (χ2n) is 4.99. The lowest BCUT2D eigenvalue weighted by Crippen LogP contribution is -2.41. The minimum atomic E-state index is -1.15. The van der Waals surface area contributed by atoms with Gasteiger partial charge in [-0.2, -0.15) is 0 Å². The summed E-state index contributed by atoms with van der Waals surface area (Å²) in [6.45, 7) is 0. The van der Waals surface area contributed by atoms with E-state index in [1.807, 2.05) is 0 Å². The predicted molar refractivity (Wildman–Crippen MR) is 88.4 cm³/mol. The lowest BCUT2D eigenvalue weighted by Gasteiger charge is -2.23. The molecule has 0 aliphatic heterocycles. The van der Waals surface area contributed by atoms with Gasteiger partial charge in [0.1, 0.15) is 6.04 Å². The fourth-order valence-electron chi connectivity index (χ4n) is 1.98. The van der Waals surface area contributed by atoms with Crippen molar-refractivity contribution in [3.05, 3.63) is 30.3 Å². The van der Waals surface area contributed by atoms with Crippen molar-refractivity contribution in [3.63, 3.8) is 0 Å². The van der Waals surface area contributed by atoms with E-state index < -0.39 is 24.0 Å². The molecule has 0 aliphatic rings. The largest absolute Gasteiger partial charge is 0.481 e. The third kappa shape index (κ3) is 7.05. The van der Waals surface area contributed by atoms with E-state index in [2.05, 4.69) is 18.1 Å². The van der Waals surface area contributed by atoms with E-state index in [1.54, 1.807) is 30.3 Å². The fourth-order valence-corrected chi connectivity index (χ4v) is 2.25. The monoisotopic (exact) mass is 340 g/mol. The number of hydrogen-bond donors (Lipinski definition) is 4. The van der Waals surface area contributed by atoms with Gasteiger partial charge in [-0.1, -0.05) is 43.9 Å². The summed E-state index contributed by atoms with van der Waals surface area (Å²) in [4.78, 5) is 33.7. The van der Waals surface area contributed by atoms with Gasteiger partial charge in [0.15, 0.2) is 0 Å². The Morgan fingerprint density at radius 1 is 1.09 bits per heavy atom. The van der Waals surface area contributed by atoms with Crippen molar-refractivity contribution in [3.8, 4) is 0 Å². The molecule has 1 unspecified atom stereocenters. The van der Waals surface area contributed by atoms with Crippen LogP contribution in [0.15, 0.2) is 30.3 Å². The summed E-state index contributed by atoms with van der Waals surface area (Å²) in [6, 6.07) is 6.95. The number of urea groups is 1. The summed E-state index contributed by atoms with van der Waals surface area (Å²) in [6.07, 6.45) is 1.82. The Morgan fingerprint density at radius 2 is 1.74 bits per heavy atom. The van der Waals surface area contributed by atoms with Crippen LogP contribution in [0.2, 0.25) is 0 Å². The molecule has 7 nitrogen and oxygen atoms in total. The lowest BCUT2D eigenvalue weighted by atomic mass is 10.1. The van der Waals surface area contributed by atoms with Crippen LogP contribution in [0.4, 0.5) is 10.5 Å². The van der Waals surface area contributed by atoms with Crippen LogP contribution in [-0.4, -0.2) is 38.5 Å². The Balaban J connectivity index is 2.50. The van der Waals surface area contributed by atoms with Crippen molar-refractivity contribution in [1.29, 1.82) is 0 Å². The number of unbranched alkanes of at least 4 members (excludes halogenated alkanes) is 2. The Labute approximate surface area is 139 Å². The predicted octanol–water partition coefficient (Wildman–Crippen LogP) is 2.85. The number of nitrogens with zero attached hydrogens (tertiary/aromatic N) is 1. The average molecular weight is 340 g/mol. The average Bonchev–Trinajstić information content (AvgIpc) is 2.50. The van der Waals surface area contributed by atoms with Gasteiger partial charge >= 0.3 is 18.0 Å². The first-order chi connectivity index (χ1) is 10.9. The first kappa shape index (κ1) is 18.8. The highest BCUT2D eigenvalue weighted by Gasteiger charge is 2.27. The maximum absolute atomic E-state index is 12.0. The molecule has 1 aromatic rings. The highest BCUT2D eigenvalue weighted by Crippen LogP contribution is 2.16. The molecular formula is C15H20N2O5S. The number of hydrogen-bond acceptors (Lipinski definition) is 4. The quantitative estimate of drug-likeness (QED) is 0.408. The number of amides is 2. The molecule has 2 amide bonds. The molecule has 0 spiro atoms. The van der Waals surface area contributed by atoms with Crippen molar-refractivity contribution >= 4 is 36.5 Å². The number of carboxylic acid groups (broad SMARTS) is 2. The Hall–Kier alpha value is -2.22. The van der Waals surface area contributed by atoms with Gasteiger partial charge in [0.2, 0.25) is 0 Å². The molecule has 23 heavy (non-hydrogen) atoms. The number of benzene rings is 1. The summed E-state index contributed by atoms with van der Waals surface area (Å²) in [5.74, 6) is -2.03. The highest BCUT2D eigenvalue weighted by atomic mass is 32.1. The zero-order valence-electron chi connectivity index (χ0n) is 12.5. The second-order valence-corrected chi connectivity index (χ2v) is 5.42. The Kier molecular flexibility index (Phi) is 7.96. The first-order valence-electron chi connectivity index (χ1n) is 7.20. The zero-order valence-corrected chi connectivity index (χ0v) is 13.4. The van der Waals surface area contributed by atoms with Crippen LogP contribution >= 0.6 is 12.8 Å². The van der Waals surface area contributed by atoms with Gasteiger partial charge in [-0.3, -0.25) is 9.10 Å². The van der Waals surface area contributed by atoms with Crippen LogP contribution in [-0.2, 0) is 9.59 Å². The number of rotatable bonds is 9. The molecule has 126 valence electrons. The summed E-state index contributed by atoms with van der Waals surface area (Å²) >= 11 is 3.99. The molecule has 1 rings (SSSR count). The van der Waals surface area contributed by atoms with E-state index >= 15 is 0 Å². The van der Waals surface area contributed by atoms with Crippen LogP contribution in [0.3, 0.4) is 0 Å². The zero-order chi connectivity index (χ0) is 17.2. The minimum Gasteiger partial charge on any atom is -0.481 e. The van der Waals surface area contributed by atoms with Crippen molar-refractivity contribution in [1.82, 2.24) is 4.31 Å². The Bertz CT molecular complexity index is 538. The van der Waals surface area contributed by atoms with Crippen molar-refractivity contribution < 1.29 is 24.6 Å². The number of carbonyl (C=O) groups is 3. The number of thiol groups is 1. The van der Waals surface area contributed by atoms with Crippen molar-refractivity contribution in [2.75, 3.05) is 5.32 Å². The summed E-state index contributed by atoms with van der Waals surface area (Å²) in [5, 5.41) is 20.3. The van der Waals surface area contributed by atoms with Crippen LogP contribution in [0, 0.1) is 0 Å². The summed E-state index contributed by atoms with van der Waals surface area (Å²) in [5.41, 5.74) is 0.544. The number of nitrogens with one attached hydrogen (secondary N) is 1. The summed E-state index contributed by atoms with van der Waals surface area (Å²) in [7, 11) is 0. The van der Waals surface area contributed by atoms with E-state index in [0.717, 1.165) is 4.31 Å². The number of para-hydroxylation sites is 1. The van der Waals surface area contributed by atoms with Crippen LogP contribution < -0.4 is 5.32 Å². The molecule has 0 saturated heterocycles. The van der Waals surface area contributed by atoms with E-state index in [4.69, 9.17) is 5.11 Å². The maximum Gasteiger partial charge on any atom is 0.332 e. The molecule has 0 heterocycles. The maximum atomic E-state index is 12.0. The highest BCUT2D eigenvalue weighted by molar-refractivity contribution is 7.78. The SMILES string of the molecule is O=C(O)CCCCCC(C(=O)O)N(S)C(=O)Nc1ccccc1. The third-order valence-corrected chi connectivity index (χ3v) is 3.64. The number of aliphatic carboxylic acids is 2. The molecule has 3 N–H and O–H groups in total. The smallest absolute Gasteiger partial charge is 0.332 e. The van der Waals surface area contributed by atoms with Gasteiger partial charge in [-0.25, -0.2) is 9.59 Å². The van der Waals surface area contributed by atoms with Gasteiger partial charge in [0.25, 0.3) is 0 Å². The van der Waals surface area contributed by atoms with Gasteiger partial charge in [0, 0.05) is 12.1 Å². The van der Waals surface area contributed by atoms with Crippen molar-refractivity contribution in [2.24, 2.45) is 0 Å². The van der Waals surface area contributed by atoms with E-state index in [9.17, 15) is 19.5 Å². The Morgan fingerprint density at radius 3 is 2.30 bits per heavy atom. The normalized spacial score (nSPS) is 11.5. The van der Waals surface area contributed by atoms with Crippen LogP contribution in [0.1, 0.15) is 32.1 Å². The van der Waals surface area contributed by atoms with E-state index in [1.165, 1.54) is 0 Å². The van der Waals surface area contributed by atoms with E-state index in [0.29, 0.717) is 24.9 Å². The molecule has 1 aromatic carbocycles. The molecule has 0 aliphatic carbocycles. The molecule has 0 aromatic heterocycles. The van der Waals surface area contributed by atoms with Crippen LogP contribution in [0.25, 0.3) is 0 Å². The van der Waals surface area contributed by atoms with Gasteiger partial charge < -0.3 is 15.5 Å². The fraction of sp³-hybridized carbons (Fsp3) is 0.400. The lowest BCUT2D eigenvalue weighted by molar-refractivity contribution is -0.141.